The van der Waals surface area contributed by atoms with Crippen LogP contribution in [0.3, 0.4) is 0 Å². The summed E-state index contributed by atoms with van der Waals surface area (Å²) in [7, 11) is 3.28. The fourth-order valence-electron chi connectivity index (χ4n) is 2.62. The molecule has 5 nitrogen and oxygen atoms in total. The Morgan fingerprint density at radius 1 is 1.42 bits per heavy atom. The molecule has 0 saturated carbocycles. The summed E-state index contributed by atoms with van der Waals surface area (Å²) in [5.41, 5.74) is 1.58. The number of ether oxygens (including phenoxy) is 1. The van der Waals surface area contributed by atoms with Gasteiger partial charge in [0, 0.05) is 12.4 Å². The normalized spacial score (nSPS) is 12.4. The Morgan fingerprint density at radius 3 is 2.79 bits per heavy atom. The van der Waals surface area contributed by atoms with Gasteiger partial charge in [0.25, 0.3) is 5.91 Å². The summed E-state index contributed by atoms with van der Waals surface area (Å²) in [6.45, 7) is 3.73. The first-order chi connectivity index (χ1) is 11.4. The number of halogens is 1. The maximum Gasteiger partial charge on any atom is 0.261 e. The molecule has 1 N–H and O–H groups in total. The van der Waals surface area contributed by atoms with E-state index in [2.05, 4.69) is 10.4 Å². The van der Waals surface area contributed by atoms with E-state index in [-0.39, 0.29) is 17.7 Å². The van der Waals surface area contributed by atoms with Crippen molar-refractivity contribution in [1.82, 2.24) is 15.1 Å². The molecule has 1 aromatic carbocycles. The van der Waals surface area contributed by atoms with Gasteiger partial charge in [-0.05, 0) is 37.6 Å². The zero-order valence-corrected chi connectivity index (χ0v) is 14.7. The van der Waals surface area contributed by atoms with Crippen molar-refractivity contribution in [3.63, 3.8) is 0 Å². The second-order valence-electron chi connectivity index (χ2n) is 5.63. The number of hydrogen-bond donors (Lipinski definition) is 1. The first kappa shape index (κ1) is 16.4. The summed E-state index contributed by atoms with van der Waals surface area (Å²) >= 11 is 1.39. The van der Waals surface area contributed by atoms with Crippen LogP contribution in [0.2, 0.25) is 0 Å². The van der Waals surface area contributed by atoms with Crippen LogP contribution < -0.4 is 10.1 Å². The molecule has 3 aromatic rings. The molecule has 0 saturated heterocycles. The minimum atomic E-state index is -0.445. The molecular formula is C17H18FN3O2S. The molecule has 0 aliphatic rings. The molecule has 3 rings (SSSR count). The van der Waals surface area contributed by atoms with Gasteiger partial charge in [-0.1, -0.05) is 6.07 Å². The van der Waals surface area contributed by atoms with Crippen molar-refractivity contribution in [3.8, 4) is 5.75 Å². The maximum atomic E-state index is 13.8. The van der Waals surface area contributed by atoms with E-state index in [0.29, 0.717) is 10.4 Å². The van der Waals surface area contributed by atoms with Gasteiger partial charge >= 0.3 is 0 Å². The summed E-state index contributed by atoms with van der Waals surface area (Å²) in [5, 5.41) is 8.21. The third kappa shape index (κ3) is 2.87. The molecule has 0 spiro atoms. The Morgan fingerprint density at radius 2 is 2.17 bits per heavy atom. The van der Waals surface area contributed by atoms with Gasteiger partial charge in [0.05, 0.1) is 23.7 Å². The van der Waals surface area contributed by atoms with E-state index in [1.165, 1.54) is 24.5 Å². The first-order valence-corrected chi connectivity index (χ1v) is 8.29. The van der Waals surface area contributed by atoms with Crippen LogP contribution in [0.1, 0.15) is 33.9 Å². The van der Waals surface area contributed by atoms with Crippen LogP contribution in [0, 0.1) is 12.7 Å². The highest BCUT2D eigenvalue weighted by atomic mass is 32.1. The highest BCUT2D eigenvalue weighted by Crippen LogP contribution is 2.28. The molecule has 2 aromatic heterocycles. The third-order valence-corrected chi connectivity index (χ3v) is 5.14. The lowest BCUT2D eigenvalue weighted by Gasteiger charge is -2.14. The lowest BCUT2D eigenvalue weighted by molar-refractivity contribution is 0.0944. The molecule has 0 unspecified atom stereocenters. The summed E-state index contributed by atoms with van der Waals surface area (Å²) in [6, 6.07) is 6.21. The molecule has 2 heterocycles. The summed E-state index contributed by atoms with van der Waals surface area (Å²) in [4.78, 5) is 14.0. The highest BCUT2D eigenvalue weighted by molar-refractivity contribution is 7.20. The molecule has 0 aliphatic carbocycles. The quantitative estimate of drug-likeness (QED) is 0.785. The van der Waals surface area contributed by atoms with Crippen LogP contribution in [0.5, 0.6) is 5.75 Å². The van der Waals surface area contributed by atoms with Crippen molar-refractivity contribution >= 4 is 27.5 Å². The fraction of sp³-hybridized carbons (Fsp3) is 0.294. The van der Waals surface area contributed by atoms with Gasteiger partial charge < -0.3 is 10.1 Å². The Hall–Kier alpha value is -2.41. The van der Waals surface area contributed by atoms with Crippen LogP contribution in [-0.2, 0) is 7.05 Å². The molecule has 0 bridgehead atoms. The van der Waals surface area contributed by atoms with E-state index in [4.69, 9.17) is 4.74 Å². The molecule has 1 amide bonds. The SMILES string of the molecule is COc1ccc([C@H](C)NC(=O)c2cc3c(C)nn(C)c3s2)cc1F. The highest BCUT2D eigenvalue weighted by Gasteiger charge is 2.18. The number of benzene rings is 1. The van der Waals surface area contributed by atoms with Gasteiger partial charge in [0.15, 0.2) is 11.6 Å². The van der Waals surface area contributed by atoms with E-state index in [1.54, 1.807) is 16.8 Å². The van der Waals surface area contributed by atoms with Crippen LogP contribution >= 0.6 is 11.3 Å². The standard InChI is InChI=1S/C17H18FN3O2S/c1-9(11-5-6-14(23-4)13(18)7-11)19-16(22)15-8-12-10(2)20-21(3)17(12)24-15/h5-9H,1-4H3,(H,19,22)/t9-/m0/s1. The number of hydrogen-bond acceptors (Lipinski definition) is 4. The summed E-state index contributed by atoms with van der Waals surface area (Å²) < 4.78 is 20.5. The average molecular weight is 347 g/mol. The van der Waals surface area contributed by atoms with Crippen molar-refractivity contribution in [1.29, 1.82) is 0 Å². The van der Waals surface area contributed by atoms with Crippen LogP contribution in [-0.4, -0.2) is 22.8 Å². The summed E-state index contributed by atoms with van der Waals surface area (Å²) in [5.74, 6) is -0.441. The van der Waals surface area contributed by atoms with E-state index < -0.39 is 5.82 Å². The predicted molar refractivity (Wildman–Crippen MR) is 92.2 cm³/mol. The number of thiophene rings is 1. The van der Waals surface area contributed by atoms with E-state index >= 15 is 0 Å². The van der Waals surface area contributed by atoms with E-state index in [1.807, 2.05) is 27.0 Å². The van der Waals surface area contributed by atoms with Gasteiger partial charge in [-0.25, -0.2) is 4.39 Å². The molecule has 0 fully saturated rings. The fourth-order valence-corrected chi connectivity index (χ4v) is 3.65. The topological polar surface area (TPSA) is 56.1 Å². The van der Waals surface area contributed by atoms with Crippen molar-refractivity contribution in [2.24, 2.45) is 7.05 Å². The number of aromatic nitrogens is 2. The number of rotatable bonds is 4. The minimum absolute atomic E-state index is 0.181. The van der Waals surface area contributed by atoms with Crippen molar-refractivity contribution in [2.45, 2.75) is 19.9 Å². The van der Waals surface area contributed by atoms with Gasteiger partial charge in [-0.15, -0.1) is 11.3 Å². The lowest BCUT2D eigenvalue weighted by atomic mass is 10.1. The molecule has 24 heavy (non-hydrogen) atoms. The number of nitrogens with one attached hydrogen (secondary N) is 1. The Balaban J connectivity index is 1.80. The summed E-state index contributed by atoms with van der Waals surface area (Å²) in [6.07, 6.45) is 0. The van der Waals surface area contributed by atoms with Crippen molar-refractivity contribution in [3.05, 3.63) is 46.2 Å². The second kappa shape index (κ2) is 6.24. The predicted octanol–water partition coefficient (Wildman–Crippen LogP) is 3.58. The van der Waals surface area contributed by atoms with Crippen LogP contribution in [0.15, 0.2) is 24.3 Å². The van der Waals surface area contributed by atoms with Gasteiger partial charge in [0.1, 0.15) is 4.83 Å². The lowest BCUT2D eigenvalue weighted by Crippen LogP contribution is -2.26. The zero-order valence-electron chi connectivity index (χ0n) is 13.9. The number of carbonyl (C=O) groups is 1. The number of nitrogens with zero attached hydrogens (tertiary/aromatic N) is 2. The number of methoxy groups -OCH3 is 1. The van der Waals surface area contributed by atoms with Crippen LogP contribution in [0.4, 0.5) is 4.39 Å². The largest absolute Gasteiger partial charge is 0.494 e. The molecule has 1 atom stereocenters. The second-order valence-corrected chi connectivity index (χ2v) is 6.66. The first-order valence-electron chi connectivity index (χ1n) is 7.48. The Kier molecular flexibility index (Phi) is 4.28. The Labute approximate surface area is 143 Å². The molecule has 0 radical (unpaired) electrons. The van der Waals surface area contributed by atoms with Crippen molar-refractivity contribution in [2.75, 3.05) is 7.11 Å². The molecule has 126 valence electrons. The van der Waals surface area contributed by atoms with Crippen molar-refractivity contribution < 1.29 is 13.9 Å². The minimum Gasteiger partial charge on any atom is -0.494 e. The smallest absolute Gasteiger partial charge is 0.261 e. The van der Waals surface area contributed by atoms with Gasteiger partial charge in [-0.2, -0.15) is 5.10 Å². The van der Waals surface area contributed by atoms with Crippen LogP contribution in [0.25, 0.3) is 10.2 Å². The third-order valence-electron chi connectivity index (χ3n) is 3.94. The molecular weight excluding hydrogens is 329 g/mol. The number of fused-ring (bicyclic) bond motifs is 1. The van der Waals surface area contributed by atoms with E-state index in [9.17, 15) is 9.18 Å². The monoisotopic (exact) mass is 347 g/mol. The Bertz CT molecular complexity index is 882. The molecule has 7 heteroatoms. The zero-order chi connectivity index (χ0) is 17.4. The van der Waals surface area contributed by atoms with Gasteiger partial charge in [0.2, 0.25) is 0 Å². The number of aryl methyl sites for hydroxylation is 2. The number of amides is 1. The van der Waals surface area contributed by atoms with E-state index in [0.717, 1.165) is 15.9 Å². The maximum absolute atomic E-state index is 13.8. The van der Waals surface area contributed by atoms with Gasteiger partial charge in [-0.3, -0.25) is 9.48 Å². The molecule has 0 aliphatic heterocycles. The average Bonchev–Trinajstić information content (AvgIpc) is 3.09. The number of carbonyl (C=O) groups excluding carboxylic acids is 1.